The second kappa shape index (κ2) is 28.9. The van der Waals surface area contributed by atoms with Gasteiger partial charge >= 0.3 is 5.97 Å². The number of nitrogen functional groups attached to an aromatic ring is 1. The van der Waals surface area contributed by atoms with Crippen LogP contribution >= 0.6 is 22.6 Å². The molecule has 7 aromatic carbocycles. The van der Waals surface area contributed by atoms with Gasteiger partial charge in [0.1, 0.15) is 23.6 Å². The Morgan fingerprint density at radius 2 is 1.11 bits per heavy atom. The summed E-state index contributed by atoms with van der Waals surface area (Å²) in [5.74, 6) is 0.277. The Balaban J connectivity index is 0.000000263. The largest absolute Gasteiger partial charge is 0.507 e. The number of rotatable bonds is 7. The van der Waals surface area contributed by atoms with E-state index < -0.39 is 12.0 Å². The lowest BCUT2D eigenvalue weighted by Crippen LogP contribution is -2.30. The van der Waals surface area contributed by atoms with Crippen LogP contribution in [0.3, 0.4) is 0 Å². The van der Waals surface area contributed by atoms with Gasteiger partial charge in [-0.25, -0.2) is 4.79 Å². The standard InChI is InChI=1S/C13H12.C10H12INO2.C8H8O2.C8H10O.C8H8O.C7H9N/c1-11-7-9-13(10-8-11)12-5-3-2-4-6-12;1-6(13)9(12)5-7-2-3-10(14)8(11)4-7;1-6-2-4-7(5-3-6)8(9)10;1-7-3-5-8(9-2)6-4-7;1-7-2-4-8(6-9)5-3-7;1-6-4-2-3-5-7(6)8/h2-10H,1H3;2-4,9,14H,5,12H2,1H3;2-5H,1H3,(H,9,10);3-6H,1-2H3;2-6H,1H3;2-5H,8H2,1H3/t;9-;;;;/m.0..../s1. The van der Waals surface area contributed by atoms with Gasteiger partial charge in [0.25, 0.3) is 0 Å². The SMILES string of the molecule is CC(=O)[C@@H](N)Cc1ccc(O)c(I)c1.COc1ccc(C)cc1.Cc1ccc(-c2ccccc2)cc1.Cc1ccc(C(=O)O)cc1.Cc1ccc(C=O)cc1.Cc1ccccc1N. The maximum Gasteiger partial charge on any atom is 0.335 e. The van der Waals surface area contributed by atoms with Crippen molar-refractivity contribution >= 4 is 46.3 Å². The van der Waals surface area contributed by atoms with Crippen LogP contribution < -0.4 is 16.2 Å². The summed E-state index contributed by atoms with van der Waals surface area (Å²) in [5.41, 5.74) is 22.6. The van der Waals surface area contributed by atoms with Gasteiger partial charge in [-0.05, 0) is 135 Å². The minimum absolute atomic E-state index is 0.0203. The van der Waals surface area contributed by atoms with E-state index in [2.05, 4.69) is 62.4 Å². The fourth-order valence-electron chi connectivity index (χ4n) is 5.05. The number of aryl methyl sites for hydroxylation is 5. The minimum Gasteiger partial charge on any atom is -0.507 e. The average Bonchev–Trinajstić information content (AvgIpc) is 3.28. The first-order chi connectivity index (χ1) is 30.0. The third-order valence-electron chi connectivity index (χ3n) is 9.11. The number of aldehydes is 1. The zero-order valence-corrected chi connectivity index (χ0v) is 39.2. The number of carbonyl (C=O) groups excluding carboxylic acids is 2. The molecule has 8 nitrogen and oxygen atoms in total. The average molecular weight is 959 g/mol. The lowest BCUT2D eigenvalue weighted by molar-refractivity contribution is -0.118. The summed E-state index contributed by atoms with van der Waals surface area (Å²) >= 11 is 2.04. The first-order valence-electron chi connectivity index (χ1n) is 20.1. The fourth-order valence-corrected chi connectivity index (χ4v) is 5.63. The topological polar surface area (TPSA) is 153 Å². The van der Waals surface area contributed by atoms with Crippen molar-refractivity contribution in [3.63, 3.8) is 0 Å². The molecule has 7 aromatic rings. The van der Waals surface area contributed by atoms with Crippen molar-refractivity contribution in [3.05, 3.63) is 218 Å². The third-order valence-corrected chi connectivity index (χ3v) is 9.97. The lowest BCUT2D eigenvalue weighted by Gasteiger charge is -2.08. The monoisotopic (exact) mass is 958 g/mol. The molecule has 0 amide bonds. The fraction of sp³-hybridized carbons (Fsp3) is 0.167. The molecule has 0 aliphatic rings. The van der Waals surface area contributed by atoms with Crippen LogP contribution in [-0.4, -0.2) is 41.4 Å². The molecule has 0 saturated heterocycles. The second-order valence-corrected chi connectivity index (χ2v) is 15.7. The molecular weight excluding hydrogens is 900 g/mol. The van der Waals surface area contributed by atoms with Crippen molar-refractivity contribution in [3.8, 4) is 22.6 Å². The first kappa shape index (κ1) is 52.6. The van der Waals surface area contributed by atoms with E-state index in [-0.39, 0.29) is 11.5 Å². The number of aromatic hydroxyl groups is 1. The van der Waals surface area contributed by atoms with Crippen LogP contribution in [0.25, 0.3) is 11.1 Å². The molecule has 0 aliphatic carbocycles. The maximum absolute atomic E-state index is 10.9. The zero-order chi connectivity index (χ0) is 46.7. The molecule has 63 heavy (non-hydrogen) atoms. The van der Waals surface area contributed by atoms with Crippen LogP contribution in [0.5, 0.6) is 11.5 Å². The Kier molecular flexibility index (Phi) is 24.1. The number of phenols is 1. The molecule has 6 N–H and O–H groups in total. The predicted octanol–water partition coefficient (Wildman–Crippen LogP) is 12.2. The summed E-state index contributed by atoms with van der Waals surface area (Å²) in [6, 6.07) is 53.8. The van der Waals surface area contributed by atoms with Gasteiger partial charge in [0.15, 0.2) is 0 Å². The van der Waals surface area contributed by atoms with Gasteiger partial charge in [0.05, 0.1) is 22.3 Å². The Labute approximate surface area is 386 Å². The van der Waals surface area contributed by atoms with E-state index in [1.54, 1.807) is 43.5 Å². The van der Waals surface area contributed by atoms with Gasteiger partial charge in [-0.2, -0.15) is 0 Å². The van der Waals surface area contributed by atoms with Crippen molar-refractivity contribution < 1.29 is 29.3 Å². The molecule has 0 unspecified atom stereocenters. The normalized spacial score (nSPS) is 10.0. The van der Waals surface area contributed by atoms with Crippen molar-refractivity contribution in [2.75, 3.05) is 12.8 Å². The third kappa shape index (κ3) is 21.7. The van der Waals surface area contributed by atoms with E-state index in [9.17, 15) is 19.5 Å². The first-order valence-corrected chi connectivity index (χ1v) is 21.2. The van der Waals surface area contributed by atoms with Crippen molar-refractivity contribution in [1.29, 1.82) is 0 Å². The van der Waals surface area contributed by atoms with Gasteiger partial charge in [0, 0.05) is 11.3 Å². The van der Waals surface area contributed by atoms with E-state index in [1.807, 2.05) is 128 Å². The van der Waals surface area contributed by atoms with Crippen molar-refractivity contribution in [2.45, 2.75) is 54.0 Å². The Hall–Kier alpha value is -6.56. The minimum atomic E-state index is -0.875. The number of ketones is 1. The number of carboxylic acids is 1. The van der Waals surface area contributed by atoms with Crippen LogP contribution in [0.15, 0.2) is 170 Å². The number of ether oxygens (including phenoxy) is 1. The Morgan fingerprint density at radius 1 is 0.651 bits per heavy atom. The Morgan fingerprint density at radius 3 is 1.54 bits per heavy atom. The molecule has 9 heteroatoms. The van der Waals surface area contributed by atoms with E-state index >= 15 is 0 Å². The second-order valence-electron chi connectivity index (χ2n) is 14.5. The molecule has 0 fully saturated rings. The molecule has 328 valence electrons. The molecule has 1 atom stereocenters. The van der Waals surface area contributed by atoms with Crippen LogP contribution in [0, 0.1) is 38.2 Å². The summed E-state index contributed by atoms with van der Waals surface area (Å²) < 4.78 is 5.74. The number of carboxylic acid groups (broad SMARTS) is 1. The van der Waals surface area contributed by atoms with E-state index in [1.165, 1.54) is 34.7 Å². The molecule has 0 saturated carbocycles. The Bertz CT molecular complexity index is 2380. The summed E-state index contributed by atoms with van der Waals surface area (Å²) in [6.07, 6.45) is 1.37. The molecule has 0 bridgehead atoms. The van der Waals surface area contributed by atoms with Crippen LogP contribution in [0.2, 0.25) is 0 Å². The van der Waals surface area contributed by atoms with E-state index in [4.69, 9.17) is 21.3 Å². The molecule has 7 rings (SSSR count). The van der Waals surface area contributed by atoms with Crippen LogP contribution in [-0.2, 0) is 11.2 Å². The van der Waals surface area contributed by atoms with Crippen molar-refractivity contribution in [2.24, 2.45) is 5.73 Å². The molecule has 0 radical (unpaired) electrons. The van der Waals surface area contributed by atoms with Crippen molar-refractivity contribution in [1.82, 2.24) is 0 Å². The molecule has 0 spiro atoms. The van der Waals surface area contributed by atoms with E-state index in [0.717, 1.165) is 43.5 Å². The molecule has 0 aromatic heterocycles. The number of phenolic OH excluding ortho intramolecular Hbond substituents is 1. The number of para-hydroxylation sites is 1. The summed E-state index contributed by atoms with van der Waals surface area (Å²) in [7, 11) is 1.67. The van der Waals surface area contributed by atoms with Crippen LogP contribution in [0.1, 0.15) is 61.0 Å². The summed E-state index contributed by atoms with van der Waals surface area (Å²) in [5, 5.41) is 17.8. The number of carbonyl (C=O) groups is 3. The molecular formula is C54H59IN2O6. The van der Waals surface area contributed by atoms with Crippen LogP contribution in [0.4, 0.5) is 5.69 Å². The van der Waals surface area contributed by atoms with Gasteiger partial charge in [-0.15, -0.1) is 0 Å². The number of anilines is 1. The van der Waals surface area contributed by atoms with Gasteiger partial charge < -0.3 is 26.4 Å². The number of Topliss-reactive ketones (excluding diaryl/α,β-unsaturated/α-hetero) is 1. The highest BCUT2D eigenvalue weighted by atomic mass is 127. The summed E-state index contributed by atoms with van der Waals surface area (Å²) in [6.45, 7) is 11.6. The lowest BCUT2D eigenvalue weighted by atomic mass is 10.0. The number of hydrogen-bond donors (Lipinski definition) is 4. The smallest absolute Gasteiger partial charge is 0.335 e. The maximum atomic E-state index is 10.9. The highest BCUT2D eigenvalue weighted by molar-refractivity contribution is 14.1. The van der Waals surface area contributed by atoms with Gasteiger partial charge in [-0.3, -0.25) is 9.59 Å². The molecule has 0 heterocycles. The quantitative estimate of drug-likeness (QED) is 0.0700. The number of benzene rings is 7. The number of nitrogens with two attached hydrogens (primary N) is 2. The number of halogens is 1. The number of aromatic carboxylic acids is 1. The zero-order valence-electron chi connectivity index (χ0n) is 37.1. The number of methoxy groups -OCH3 is 1. The number of hydrogen-bond acceptors (Lipinski definition) is 7. The van der Waals surface area contributed by atoms with Gasteiger partial charge in [-0.1, -0.05) is 150 Å². The van der Waals surface area contributed by atoms with Gasteiger partial charge in [0.2, 0.25) is 0 Å². The predicted molar refractivity (Wildman–Crippen MR) is 268 cm³/mol. The highest BCUT2D eigenvalue weighted by Crippen LogP contribution is 2.21. The highest BCUT2D eigenvalue weighted by Gasteiger charge is 2.10. The summed E-state index contributed by atoms with van der Waals surface area (Å²) in [4.78, 5) is 31.4. The van der Waals surface area contributed by atoms with E-state index in [0.29, 0.717) is 12.0 Å². The molecule has 0 aliphatic heterocycles.